The Kier molecular flexibility index (Phi) is 4.53. The topological polar surface area (TPSA) is 45.2 Å². The van der Waals surface area contributed by atoms with Crippen LogP contribution >= 0.6 is 0 Å². The minimum atomic E-state index is 0.266. The molecule has 2 aromatic rings. The van der Waals surface area contributed by atoms with Crippen LogP contribution in [0, 0.1) is 0 Å². The first-order chi connectivity index (χ1) is 9.20. The summed E-state index contributed by atoms with van der Waals surface area (Å²) in [5.74, 6) is 0.306. The van der Waals surface area contributed by atoms with Gasteiger partial charge in [0.25, 0.3) is 0 Å². The largest absolute Gasteiger partial charge is 0.508 e. The molecule has 1 heterocycles. The van der Waals surface area contributed by atoms with Gasteiger partial charge in [-0.2, -0.15) is 0 Å². The Morgan fingerprint density at radius 1 is 1.05 bits per heavy atom. The van der Waals surface area contributed by atoms with Crippen molar-refractivity contribution in [1.82, 2.24) is 10.3 Å². The molecule has 2 rings (SSSR count). The van der Waals surface area contributed by atoms with Crippen molar-refractivity contribution in [1.29, 1.82) is 0 Å². The quantitative estimate of drug-likeness (QED) is 0.859. The molecule has 0 bridgehead atoms. The van der Waals surface area contributed by atoms with Crippen molar-refractivity contribution < 1.29 is 5.11 Å². The summed E-state index contributed by atoms with van der Waals surface area (Å²) in [7, 11) is 0. The highest BCUT2D eigenvalue weighted by Gasteiger charge is 2.13. The maximum atomic E-state index is 9.34. The number of rotatable bonds is 5. The number of hydrogen-bond donors (Lipinski definition) is 2. The Balaban J connectivity index is 2.09. The highest BCUT2D eigenvalue weighted by atomic mass is 16.3. The molecule has 1 aromatic heterocycles. The molecule has 2 atom stereocenters. The molecule has 0 radical (unpaired) electrons. The van der Waals surface area contributed by atoms with Gasteiger partial charge in [0.05, 0.1) is 0 Å². The summed E-state index contributed by atoms with van der Waals surface area (Å²) in [5, 5.41) is 13.0. The van der Waals surface area contributed by atoms with E-state index in [0.717, 1.165) is 6.42 Å². The third-order valence-corrected chi connectivity index (χ3v) is 3.36. The number of nitrogens with zero attached hydrogens (tertiary/aromatic N) is 1. The van der Waals surface area contributed by atoms with Crippen LogP contribution in [0.3, 0.4) is 0 Å². The molecule has 0 amide bonds. The first kappa shape index (κ1) is 13.6. The van der Waals surface area contributed by atoms with E-state index in [0.29, 0.717) is 5.75 Å². The van der Waals surface area contributed by atoms with Gasteiger partial charge in [-0.05, 0) is 48.7 Å². The lowest BCUT2D eigenvalue weighted by Gasteiger charge is -2.23. The Bertz CT molecular complexity index is 496. The number of phenolic OH excluding ortho intramolecular Hbond substituents is 1. The van der Waals surface area contributed by atoms with E-state index in [1.54, 1.807) is 12.1 Å². The van der Waals surface area contributed by atoms with E-state index in [1.807, 2.05) is 36.7 Å². The first-order valence-electron chi connectivity index (χ1n) is 6.65. The fraction of sp³-hybridized carbons (Fsp3) is 0.312. The molecular weight excluding hydrogens is 236 g/mol. The summed E-state index contributed by atoms with van der Waals surface area (Å²) in [6.07, 6.45) is 4.63. The highest BCUT2D eigenvalue weighted by Crippen LogP contribution is 2.23. The van der Waals surface area contributed by atoms with Gasteiger partial charge in [-0.15, -0.1) is 0 Å². The van der Waals surface area contributed by atoms with Gasteiger partial charge >= 0.3 is 0 Å². The standard InChI is InChI=1S/C16H20N2O/c1-3-16(14-4-6-15(19)7-5-14)18-12(2)13-8-10-17-11-9-13/h4-12,16,18-19H,3H2,1-2H3/t12-,16?/m0/s1. The average molecular weight is 256 g/mol. The van der Waals surface area contributed by atoms with E-state index in [9.17, 15) is 5.11 Å². The van der Waals surface area contributed by atoms with Crippen LogP contribution in [-0.2, 0) is 0 Å². The number of aromatic nitrogens is 1. The normalized spacial score (nSPS) is 14.0. The summed E-state index contributed by atoms with van der Waals surface area (Å²) in [6, 6.07) is 12.0. The van der Waals surface area contributed by atoms with Crippen LogP contribution in [0.1, 0.15) is 43.5 Å². The van der Waals surface area contributed by atoms with Crippen LogP contribution in [0.15, 0.2) is 48.8 Å². The van der Waals surface area contributed by atoms with Gasteiger partial charge in [-0.25, -0.2) is 0 Å². The number of pyridine rings is 1. The fourth-order valence-corrected chi connectivity index (χ4v) is 2.21. The molecule has 3 nitrogen and oxygen atoms in total. The minimum absolute atomic E-state index is 0.266. The zero-order valence-corrected chi connectivity index (χ0v) is 11.4. The molecule has 0 fully saturated rings. The van der Waals surface area contributed by atoms with Crippen LogP contribution in [0.2, 0.25) is 0 Å². The Hall–Kier alpha value is -1.87. The summed E-state index contributed by atoms with van der Waals surface area (Å²) in [4.78, 5) is 4.04. The second kappa shape index (κ2) is 6.34. The number of aromatic hydroxyl groups is 1. The second-order valence-electron chi connectivity index (χ2n) is 4.72. The average Bonchev–Trinajstić information content (AvgIpc) is 2.46. The number of phenols is 1. The SMILES string of the molecule is CCC(N[C@@H](C)c1ccncc1)c1ccc(O)cc1. The molecule has 19 heavy (non-hydrogen) atoms. The van der Waals surface area contributed by atoms with E-state index in [4.69, 9.17) is 0 Å². The second-order valence-corrected chi connectivity index (χ2v) is 4.72. The summed E-state index contributed by atoms with van der Waals surface area (Å²) >= 11 is 0. The summed E-state index contributed by atoms with van der Waals surface area (Å²) < 4.78 is 0. The van der Waals surface area contributed by atoms with Gasteiger partial charge in [-0.3, -0.25) is 4.98 Å². The molecule has 0 spiro atoms. The van der Waals surface area contributed by atoms with Gasteiger partial charge in [0.2, 0.25) is 0 Å². The Morgan fingerprint density at radius 3 is 2.26 bits per heavy atom. The maximum Gasteiger partial charge on any atom is 0.115 e. The monoisotopic (exact) mass is 256 g/mol. The van der Waals surface area contributed by atoms with Crippen molar-refractivity contribution in [2.45, 2.75) is 32.4 Å². The molecule has 0 aliphatic heterocycles. The van der Waals surface area contributed by atoms with Crippen LogP contribution < -0.4 is 5.32 Å². The molecule has 0 aliphatic carbocycles. The third kappa shape index (κ3) is 3.55. The molecule has 0 saturated carbocycles. The molecule has 1 unspecified atom stereocenters. The predicted octanol–water partition coefficient (Wildman–Crippen LogP) is 3.59. The van der Waals surface area contributed by atoms with Gasteiger partial charge in [0.1, 0.15) is 5.75 Å². The zero-order valence-electron chi connectivity index (χ0n) is 11.4. The van der Waals surface area contributed by atoms with Gasteiger partial charge in [0.15, 0.2) is 0 Å². The van der Waals surface area contributed by atoms with Crippen molar-refractivity contribution in [2.24, 2.45) is 0 Å². The predicted molar refractivity (Wildman–Crippen MR) is 76.9 cm³/mol. The number of hydrogen-bond acceptors (Lipinski definition) is 3. The van der Waals surface area contributed by atoms with Gasteiger partial charge in [-0.1, -0.05) is 19.1 Å². The molecule has 0 saturated heterocycles. The van der Waals surface area contributed by atoms with E-state index in [1.165, 1.54) is 11.1 Å². The first-order valence-corrected chi connectivity index (χ1v) is 6.65. The van der Waals surface area contributed by atoms with E-state index in [-0.39, 0.29) is 12.1 Å². The minimum Gasteiger partial charge on any atom is -0.508 e. The van der Waals surface area contributed by atoms with Crippen molar-refractivity contribution in [3.63, 3.8) is 0 Å². The summed E-state index contributed by atoms with van der Waals surface area (Å²) in [6.45, 7) is 4.31. The summed E-state index contributed by atoms with van der Waals surface area (Å²) in [5.41, 5.74) is 2.42. The van der Waals surface area contributed by atoms with Crippen LogP contribution in [-0.4, -0.2) is 10.1 Å². The highest BCUT2D eigenvalue weighted by molar-refractivity contribution is 5.28. The van der Waals surface area contributed by atoms with E-state index < -0.39 is 0 Å². The lowest BCUT2D eigenvalue weighted by Crippen LogP contribution is -2.24. The molecule has 2 N–H and O–H groups in total. The molecule has 3 heteroatoms. The van der Waals surface area contributed by atoms with Crippen LogP contribution in [0.25, 0.3) is 0 Å². The molecule has 1 aromatic carbocycles. The fourth-order valence-electron chi connectivity index (χ4n) is 2.21. The lowest BCUT2D eigenvalue weighted by atomic mass is 10.0. The van der Waals surface area contributed by atoms with E-state index >= 15 is 0 Å². The van der Waals surface area contributed by atoms with Gasteiger partial charge < -0.3 is 10.4 Å². The molecule has 100 valence electrons. The Morgan fingerprint density at radius 2 is 1.68 bits per heavy atom. The number of nitrogens with one attached hydrogen (secondary N) is 1. The third-order valence-electron chi connectivity index (χ3n) is 3.36. The van der Waals surface area contributed by atoms with Crippen molar-refractivity contribution in [2.75, 3.05) is 0 Å². The van der Waals surface area contributed by atoms with Crippen molar-refractivity contribution in [3.05, 3.63) is 59.9 Å². The smallest absolute Gasteiger partial charge is 0.115 e. The van der Waals surface area contributed by atoms with Gasteiger partial charge in [0, 0.05) is 24.5 Å². The Labute approximate surface area is 114 Å². The van der Waals surface area contributed by atoms with Crippen molar-refractivity contribution >= 4 is 0 Å². The number of benzene rings is 1. The van der Waals surface area contributed by atoms with Crippen molar-refractivity contribution in [3.8, 4) is 5.75 Å². The van der Waals surface area contributed by atoms with Crippen LogP contribution in [0.5, 0.6) is 5.75 Å². The van der Waals surface area contributed by atoms with Crippen LogP contribution in [0.4, 0.5) is 0 Å². The maximum absolute atomic E-state index is 9.34. The zero-order chi connectivity index (χ0) is 13.7. The molecular formula is C16H20N2O. The lowest BCUT2D eigenvalue weighted by molar-refractivity contribution is 0.453. The van der Waals surface area contributed by atoms with E-state index in [2.05, 4.69) is 24.1 Å². The molecule has 0 aliphatic rings.